The minimum absolute atomic E-state index is 0.153. The van der Waals surface area contributed by atoms with Crippen LogP contribution in [0.1, 0.15) is 33.1 Å². The van der Waals surface area contributed by atoms with E-state index < -0.39 is 5.82 Å². The molecule has 0 aliphatic heterocycles. The summed E-state index contributed by atoms with van der Waals surface area (Å²) in [6.07, 6.45) is 2.06. The van der Waals surface area contributed by atoms with Gasteiger partial charge in [-0.05, 0) is 49.4 Å². The highest BCUT2D eigenvalue weighted by atomic mass is 35.5. The molecule has 0 spiro atoms. The molecule has 0 aliphatic rings. The molecule has 0 saturated carbocycles. The summed E-state index contributed by atoms with van der Waals surface area (Å²) in [5.41, 5.74) is 5.89. The molecule has 0 aromatic heterocycles. The van der Waals surface area contributed by atoms with E-state index in [1.165, 1.54) is 18.2 Å². The first kappa shape index (κ1) is 16.9. The quantitative estimate of drug-likeness (QED) is 0.804. The smallest absolute Gasteiger partial charge is 0.224 e. The van der Waals surface area contributed by atoms with Crippen LogP contribution in [0, 0.1) is 17.7 Å². The monoisotopic (exact) mass is 300 g/mol. The molecule has 3 nitrogen and oxygen atoms in total. The zero-order valence-electron chi connectivity index (χ0n) is 12.0. The van der Waals surface area contributed by atoms with E-state index >= 15 is 0 Å². The van der Waals surface area contributed by atoms with Crippen molar-refractivity contribution in [1.82, 2.24) is 0 Å². The van der Waals surface area contributed by atoms with Crippen LogP contribution in [-0.2, 0) is 4.79 Å². The van der Waals surface area contributed by atoms with Crippen LogP contribution >= 0.6 is 11.6 Å². The van der Waals surface area contributed by atoms with Crippen LogP contribution in [0.4, 0.5) is 10.1 Å². The minimum Gasteiger partial charge on any atom is -0.330 e. The molecule has 0 bridgehead atoms. The second-order valence-electron chi connectivity index (χ2n) is 5.29. The lowest BCUT2D eigenvalue weighted by molar-refractivity contribution is -0.116. The summed E-state index contributed by atoms with van der Waals surface area (Å²) in [6, 6.07) is 3.91. The molecule has 1 aromatic rings. The molecule has 3 N–H and O–H groups in total. The predicted molar refractivity (Wildman–Crippen MR) is 81.3 cm³/mol. The van der Waals surface area contributed by atoms with E-state index in [4.69, 9.17) is 17.3 Å². The average molecular weight is 301 g/mol. The van der Waals surface area contributed by atoms with Gasteiger partial charge in [-0.2, -0.15) is 0 Å². The number of amides is 1. The summed E-state index contributed by atoms with van der Waals surface area (Å²) in [6.45, 7) is 4.88. The van der Waals surface area contributed by atoms with Crippen LogP contribution in [0.25, 0.3) is 0 Å². The molecule has 0 saturated heterocycles. The third-order valence-electron chi connectivity index (χ3n) is 3.42. The molecule has 0 heterocycles. The van der Waals surface area contributed by atoms with Crippen LogP contribution < -0.4 is 11.1 Å². The second kappa shape index (κ2) is 8.22. The SMILES string of the molecule is CC(C)C(CCN)CCC(=O)Nc1cc(F)ccc1Cl. The lowest BCUT2D eigenvalue weighted by Gasteiger charge is -2.19. The van der Waals surface area contributed by atoms with Crippen molar-refractivity contribution in [1.29, 1.82) is 0 Å². The molecule has 0 aliphatic carbocycles. The Morgan fingerprint density at radius 1 is 1.40 bits per heavy atom. The molecule has 112 valence electrons. The molecule has 5 heteroatoms. The van der Waals surface area contributed by atoms with Gasteiger partial charge in [-0.3, -0.25) is 4.79 Å². The van der Waals surface area contributed by atoms with Gasteiger partial charge in [0, 0.05) is 6.42 Å². The topological polar surface area (TPSA) is 55.1 Å². The number of anilines is 1. The zero-order valence-corrected chi connectivity index (χ0v) is 12.7. The van der Waals surface area contributed by atoms with Gasteiger partial charge in [-0.15, -0.1) is 0 Å². The van der Waals surface area contributed by atoms with Gasteiger partial charge in [0.25, 0.3) is 0 Å². The van der Waals surface area contributed by atoms with Crippen molar-refractivity contribution in [2.24, 2.45) is 17.6 Å². The molecule has 1 atom stereocenters. The maximum Gasteiger partial charge on any atom is 0.224 e. The zero-order chi connectivity index (χ0) is 15.1. The van der Waals surface area contributed by atoms with Crippen molar-refractivity contribution in [2.75, 3.05) is 11.9 Å². The van der Waals surface area contributed by atoms with Crippen LogP contribution in [0.2, 0.25) is 5.02 Å². The lowest BCUT2D eigenvalue weighted by atomic mass is 9.88. The van der Waals surface area contributed by atoms with Gasteiger partial charge < -0.3 is 11.1 Å². The Bertz CT molecular complexity index is 451. The molecule has 0 fully saturated rings. The Hall–Kier alpha value is -1.13. The van der Waals surface area contributed by atoms with E-state index in [0.29, 0.717) is 35.5 Å². The molecule has 1 unspecified atom stereocenters. The number of nitrogens with two attached hydrogens (primary N) is 1. The maximum absolute atomic E-state index is 13.1. The largest absolute Gasteiger partial charge is 0.330 e. The second-order valence-corrected chi connectivity index (χ2v) is 5.70. The van der Waals surface area contributed by atoms with Gasteiger partial charge in [0.05, 0.1) is 10.7 Å². The number of carbonyl (C=O) groups is 1. The van der Waals surface area contributed by atoms with Gasteiger partial charge in [0.2, 0.25) is 5.91 Å². The van der Waals surface area contributed by atoms with Crippen LogP contribution in [0.5, 0.6) is 0 Å². The van der Waals surface area contributed by atoms with Crippen molar-refractivity contribution in [3.8, 4) is 0 Å². The third-order valence-corrected chi connectivity index (χ3v) is 3.75. The number of nitrogens with one attached hydrogen (secondary N) is 1. The fourth-order valence-electron chi connectivity index (χ4n) is 2.15. The Kier molecular flexibility index (Phi) is 6.96. The van der Waals surface area contributed by atoms with E-state index in [0.717, 1.165) is 12.8 Å². The Morgan fingerprint density at radius 2 is 2.10 bits per heavy atom. The van der Waals surface area contributed by atoms with Crippen LogP contribution in [-0.4, -0.2) is 12.5 Å². The summed E-state index contributed by atoms with van der Waals surface area (Å²) in [4.78, 5) is 11.9. The van der Waals surface area contributed by atoms with Crippen LogP contribution in [0.15, 0.2) is 18.2 Å². The number of hydrogen-bond acceptors (Lipinski definition) is 2. The van der Waals surface area contributed by atoms with Crippen molar-refractivity contribution in [3.63, 3.8) is 0 Å². The van der Waals surface area contributed by atoms with Gasteiger partial charge in [0.15, 0.2) is 0 Å². The first-order chi connectivity index (χ1) is 9.43. The van der Waals surface area contributed by atoms with E-state index in [9.17, 15) is 9.18 Å². The molecule has 1 rings (SSSR count). The predicted octanol–water partition coefficient (Wildman–Crippen LogP) is 3.82. The highest BCUT2D eigenvalue weighted by molar-refractivity contribution is 6.33. The van der Waals surface area contributed by atoms with Crippen molar-refractivity contribution >= 4 is 23.2 Å². The Morgan fingerprint density at radius 3 is 2.70 bits per heavy atom. The van der Waals surface area contributed by atoms with Crippen molar-refractivity contribution < 1.29 is 9.18 Å². The van der Waals surface area contributed by atoms with Crippen molar-refractivity contribution in [2.45, 2.75) is 33.1 Å². The summed E-state index contributed by atoms with van der Waals surface area (Å²) in [5, 5.41) is 2.98. The summed E-state index contributed by atoms with van der Waals surface area (Å²) in [7, 11) is 0. The minimum atomic E-state index is -0.423. The summed E-state index contributed by atoms with van der Waals surface area (Å²) in [5.74, 6) is 0.339. The summed E-state index contributed by atoms with van der Waals surface area (Å²) >= 11 is 5.91. The first-order valence-corrected chi connectivity index (χ1v) is 7.26. The normalized spacial score (nSPS) is 12.5. The van der Waals surface area contributed by atoms with Gasteiger partial charge in [-0.1, -0.05) is 25.4 Å². The Labute approximate surface area is 124 Å². The third kappa shape index (κ3) is 5.47. The van der Waals surface area contributed by atoms with Gasteiger partial charge >= 0.3 is 0 Å². The number of rotatable bonds is 7. The Balaban J connectivity index is 2.53. The standard InChI is InChI=1S/C15H22ClFN2O/c1-10(2)11(7-8-18)3-6-15(20)19-14-9-12(17)4-5-13(14)16/h4-5,9-11H,3,6-8,18H2,1-2H3,(H,19,20). The molecule has 20 heavy (non-hydrogen) atoms. The number of hydrogen-bond donors (Lipinski definition) is 2. The number of benzene rings is 1. The average Bonchev–Trinajstić information content (AvgIpc) is 2.38. The number of carbonyl (C=O) groups excluding carboxylic acids is 1. The van der Waals surface area contributed by atoms with Crippen LogP contribution in [0.3, 0.4) is 0 Å². The van der Waals surface area contributed by atoms with Crippen molar-refractivity contribution in [3.05, 3.63) is 29.0 Å². The van der Waals surface area contributed by atoms with Gasteiger partial charge in [0.1, 0.15) is 5.82 Å². The summed E-state index contributed by atoms with van der Waals surface area (Å²) < 4.78 is 13.1. The number of halogens is 2. The van der Waals surface area contributed by atoms with Gasteiger partial charge in [-0.25, -0.2) is 4.39 Å². The van der Waals surface area contributed by atoms with E-state index in [-0.39, 0.29) is 5.91 Å². The van der Waals surface area contributed by atoms with E-state index in [1.807, 2.05) is 0 Å². The highest BCUT2D eigenvalue weighted by Gasteiger charge is 2.15. The maximum atomic E-state index is 13.1. The lowest BCUT2D eigenvalue weighted by Crippen LogP contribution is -2.18. The molecule has 0 radical (unpaired) electrons. The fraction of sp³-hybridized carbons (Fsp3) is 0.533. The molecule has 1 aromatic carbocycles. The molecule has 1 amide bonds. The fourth-order valence-corrected chi connectivity index (χ4v) is 2.31. The van der Waals surface area contributed by atoms with E-state index in [2.05, 4.69) is 19.2 Å². The van der Waals surface area contributed by atoms with E-state index in [1.54, 1.807) is 0 Å². The first-order valence-electron chi connectivity index (χ1n) is 6.89. The molecular weight excluding hydrogens is 279 g/mol. The highest BCUT2D eigenvalue weighted by Crippen LogP contribution is 2.24. The molecular formula is C15H22ClFN2O.